The smallest absolute Gasteiger partial charge is 0.249 e. The zero-order chi connectivity index (χ0) is 13.0. The normalized spacial score (nSPS) is 20.9. The second-order valence-electron chi connectivity index (χ2n) is 4.66. The Kier molecular flexibility index (Phi) is 4.15. The zero-order valence-corrected chi connectivity index (χ0v) is 10.9. The van der Waals surface area contributed by atoms with E-state index in [4.69, 9.17) is 4.74 Å². The highest BCUT2D eigenvalue weighted by Crippen LogP contribution is 2.13. The molecule has 1 fully saturated rings. The molecule has 1 aliphatic rings. The number of ether oxygens (including phenoxy) is 1. The van der Waals surface area contributed by atoms with E-state index in [9.17, 15) is 4.79 Å². The highest BCUT2D eigenvalue weighted by molar-refractivity contribution is 5.97. The van der Waals surface area contributed by atoms with Gasteiger partial charge in [-0.1, -0.05) is 30.3 Å². The van der Waals surface area contributed by atoms with E-state index in [0.717, 1.165) is 11.1 Å². The van der Waals surface area contributed by atoms with E-state index >= 15 is 0 Å². The summed E-state index contributed by atoms with van der Waals surface area (Å²) >= 11 is 0. The number of rotatable bonds is 2. The summed E-state index contributed by atoms with van der Waals surface area (Å²) in [5, 5.41) is 0. The lowest BCUT2D eigenvalue weighted by Gasteiger charge is -2.33. The highest BCUT2D eigenvalue weighted by Gasteiger charge is 2.24. The Labute approximate surface area is 108 Å². The minimum absolute atomic E-state index is 0.106. The Morgan fingerprint density at radius 3 is 2.78 bits per heavy atom. The van der Waals surface area contributed by atoms with Gasteiger partial charge in [-0.15, -0.1) is 0 Å². The van der Waals surface area contributed by atoms with Gasteiger partial charge < -0.3 is 9.64 Å². The molecule has 3 nitrogen and oxygen atoms in total. The maximum atomic E-state index is 12.3. The van der Waals surface area contributed by atoms with Gasteiger partial charge in [0, 0.05) is 12.1 Å². The SMILES string of the molecule is C/C(=C\c1ccccc1)C(=O)N1CCOCC1C. The third kappa shape index (κ3) is 2.99. The molecule has 1 aliphatic heterocycles. The average molecular weight is 245 g/mol. The molecule has 1 aromatic rings. The fourth-order valence-corrected chi connectivity index (χ4v) is 2.12. The van der Waals surface area contributed by atoms with Crippen molar-refractivity contribution in [2.24, 2.45) is 0 Å². The van der Waals surface area contributed by atoms with Crippen molar-refractivity contribution in [2.75, 3.05) is 19.8 Å². The number of morpholine rings is 1. The molecular formula is C15H19NO2. The largest absolute Gasteiger partial charge is 0.377 e. The van der Waals surface area contributed by atoms with Crippen LogP contribution in [-0.2, 0) is 9.53 Å². The second-order valence-corrected chi connectivity index (χ2v) is 4.66. The predicted molar refractivity (Wildman–Crippen MR) is 72.1 cm³/mol. The summed E-state index contributed by atoms with van der Waals surface area (Å²) < 4.78 is 5.35. The van der Waals surface area contributed by atoms with E-state index in [1.165, 1.54) is 0 Å². The fraction of sp³-hybridized carbons (Fsp3) is 0.400. The molecular weight excluding hydrogens is 226 g/mol. The first-order valence-electron chi connectivity index (χ1n) is 6.30. The third-order valence-corrected chi connectivity index (χ3v) is 3.15. The number of hydrogen-bond donors (Lipinski definition) is 0. The lowest BCUT2D eigenvalue weighted by Crippen LogP contribution is -2.47. The Bertz CT molecular complexity index is 439. The van der Waals surface area contributed by atoms with Crippen molar-refractivity contribution in [3.8, 4) is 0 Å². The number of amides is 1. The van der Waals surface area contributed by atoms with Crippen LogP contribution in [0.3, 0.4) is 0 Å². The van der Waals surface area contributed by atoms with E-state index in [-0.39, 0.29) is 11.9 Å². The van der Waals surface area contributed by atoms with Gasteiger partial charge in [-0.25, -0.2) is 0 Å². The minimum atomic E-state index is 0.106. The van der Waals surface area contributed by atoms with Crippen molar-refractivity contribution < 1.29 is 9.53 Å². The first kappa shape index (κ1) is 12.8. The molecule has 0 radical (unpaired) electrons. The maximum Gasteiger partial charge on any atom is 0.249 e. The van der Waals surface area contributed by atoms with Gasteiger partial charge in [-0.2, -0.15) is 0 Å². The van der Waals surface area contributed by atoms with E-state index in [1.54, 1.807) is 0 Å². The monoisotopic (exact) mass is 245 g/mol. The van der Waals surface area contributed by atoms with Gasteiger partial charge in [0.05, 0.1) is 19.3 Å². The van der Waals surface area contributed by atoms with E-state index in [0.29, 0.717) is 19.8 Å². The lowest BCUT2D eigenvalue weighted by atomic mass is 10.1. The second kappa shape index (κ2) is 5.83. The van der Waals surface area contributed by atoms with Crippen molar-refractivity contribution in [1.82, 2.24) is 4.90 Å². The zero-order valence-electron chi connectivity index (χ0n) is 10.9. The lowest BCUT2D eigenvalue weighted by molar-refractivity contribution is -0.134. The Hall–Kier alpha value is -1.61. The summed E-state index contributed by atoms with van der Waals surface area (Å²) in [6, 6.07) is 10.1. The quantitative estimate of drug-likeness (QED) is 0.748. The number of carbonyl (C=O) groups excluding carboxylic acids is 1. The van der Waals surface area contributed by atoms with Crippen LogP contribution in [0.4, 0.5) is 0 Å². The number of carbonyl (C=O) groups is 1. The molecule has 0 aromatic heterocycles. The molecule has 0 spiro atoms. The fourth-order valence-electron chi connectivity index (χ4n) is 2.12. The van der Waals surface area contributed by atoms with Crippen molar-refractivity contribution in [1.29, 1.82) is 0 Å². The van der Waals surface area contributed by atoms with Gasteiger partial charge in [0.2, 0.25) is 5.91 Å². The molecule has 96 valence electrons. The van der Waals surface area contributed by atoms with Crippen molar-refractivity contribution in [2.45, 2.75) is 19.9 Å². The molecule has 18 heavy (non-hydrogen) atoms. The Morgan fingerprint density at radius 1 is 1.39 bits per heavy atom. The summed E-state index contributed by atoms with van der Waals surface area (Å²) in [5.41, 5.74) is 1.83. The molecule has 3 heteroatoms. The topological polar surface area (TPSA) is 29.5 Å². The van der Waals surface area contributed by atoms with Crippen molar-refractivity contribution in [3.63, 3.8) is 0 Å². The van der Waals surface area contributed by atoms with E-state index in [2.05, 4.69) is 0 Å². The number of hydrogen-bond acceptors (Lipinski definition) is 2. The molecule has 1 saturated heterocycles. The minimum Gasteiger partial charge on any atom is -0.377 e. The van der Waals surface area contributed by atoms with Crippen LogP contribution in [0.1, 0.15) is 19.4 Å². The first-order chi connectivity index (χ1) is 8.68. The molecule has 0 bridgehead atoms. The van der Waals surface area contributed by atoms with Crippen LogP contribution in [0.25, 0.3) is 6.08 Å². The molecule has 1 unspecified atom stereocenters. The van der Waals surface area contributed by atoms with Gasteiger partial charge in [0.15, 0.2) is 0 Å². The summed E-state index contributed by atoms with van der Waals surface area (Å²) in [6.07, 6.45) is 1.94. The maximum absolute atomic E-state index is 12.3. The molecule has 1 amide bonds. The van der Waals surface area contributed by atoms with Gasteiger partial charge >= 0.3 is 0 Å². The standard InChI is InChI=1S/C15H19NO2/c1-12(10-14-6-4-3-5-7-14)15(17)16-8-9-18-11-13(16)2/h3-7,10,13H,8-9,11H2,1-2H3/b12-10+. The summed E-state index contributed by atoms with van der Waals surface area (Å²) in [5.74, 6) is 0.106. The van der Waals surface area contributed by atoms with Crippen LogP contribution >= 0.6 is 0 Å². The third-order valence-electron chi connectivity index (χ3n) is 3.15. The first-order valence-corrected chi connectivity index (χ1v) is 6.30. The van der Waals surface area contributed by atoms with E-state index in [1.807, 2.05) is 55.2 Å². The van der Waals surface area contributed by atoms with Gasteiger partial charge in [-0.05, 0) is 25.5 Å². The van der Waals surface area contributed by atoms with Gasteiger partial charge in [0.1, 0.15) is 0 Å². The van der Waals surface area contributed by atoms with Crippen molar-refractivity contribution in [3.05, 3.63) is 41.5 Å². The Morgan fingerprint density at radius 2 is 2.11 bits per heavy atom. The molecule has 0 N–H and O–H groups in total. The molecule has 0 saturated carbocycles. The van der Waals surface area contributed by atoms with Crippen molar-refractivity contribution >= 4 is 12.0 Å². The van der Waals surface area contributed by atoms with Crippen LogP contribution < -0.4 is 0 Å². The van der Waals surface area contributed by atoms with Gasteiger partial charge in [-0.3, -0.25) is 4.79 Å². The van der Waals surface area contributed by atoms with Crippen LogP contribution in [0.2, 0.25) is 0 Å². The van der Waals surface area contributed by atoms with Crippen LogP contribution in [0.15, 0.2) is 35.9 Å². The van der Waals surface area contributed by atoms with E-state index < -0.39 is 0 Å². The molecule has 2 rings (SSSR count). The average Bonchev–Trinajstić information content (AvgIpc) is 2.39. The molecule has 1 aromatic carbocycles. The number of benzene rings is 1. The predicted octanol–water partition coefficient (Wildman–Crippen LogP) is 2.34. The summed E-state index contributed by atoms with van der Waals surface area (Å²) in [6.45, 7) is 5.84. The Balaban J connectivity index is 2.11. The summed E-state index contributed by atoms with van der Waals surface area (Å²) in [7, 11) is 0. The highest BCUT2D eigenvalue weighted by atomic mass is 16.5. The number of nitrogens with zero attached hydrogens (tertiary/aromatic N) is 1. The molecule has 1 heterocycles. The van der Waals surface area contributed by atoms with Gasteiger partial charge in [0.25, 0.3) is 0 Å². The molecule has 1 atom stereocenters. The van der Waals surface area contributed by atoms with Crippen LogP contribution in [0.5, 0.6) is 0 Å². The summed E-state index contributed by atoms with van der Waals surface area (Å²) in [4.78, 5) is 14.2. The molecule has 0 aliphatic carbocycles. The van der Waals surface area contributed by atoms with Crippen LogP contribution in [0, 0.1) is 0 Å². The van der Waals surface area contributed by atoms with Crippen LogP contribution in [-0.4, -0.2) is 36.6 Å².